The molecule has 130 valence electrons. The minimum absolute atomic E-state index is 0.381. The monoisotopic (exact) mass is 339 g/mol. The molecule has 1 aromatic rings. The van der Waals surface area contributed by atoms with E-state index in [1.807, 2.05) is 12.1 Å². The van der Waals surface area contributed by atoms with Crippen molar-refractivity contribution in [3.05, 3.63) is 29.8 Å². The van der Waals surface area contributed by atoms with E-state index in [2.05, 4.69) is 18.6 Å². The van der Waals surface area contributed by atoms with Gasteiger partial charge in [-0.3, -0.25) is 0 Å². The van der Waals surface area contributed by atoms with Gasteiger partial charge in [0.1, 0.15) is 0 Å². The van der Waals surface area contributed by atoms with E-state index in [9.17, 15) is 8.42 Å². The zero-order valence-electron chi connectivity index (χ0n) is 14.5. The minimum atomic E-state index is -3.38. The summed E-state index contributed by atoms with van der Waals surface area (Å²) in [6.45, 7) is 7.60. The third kappa shape index (κ3) is 5.30. The topological polar surface area (TPSA) is 50.6 Å². The first-order valence-corrected chi connectivity index (χ1v) is 10.5. The van der Waals surface area contributed by atoms with Gasteiger partial charge in [0.25, 0.3) is 0 Å². The van der Waals surface area contributed by atoms with E-state index in [1.165, 1.54) is 42.6 Å². The molecule has 2 rings (SSSR count). The quantitative estimate of drug-likeness (QED) is 0.760. The Morgan fingerprint density at radius 2 is 1.65 bits per heavy atom. The Balaban J connectivity index is 1.94. The zero-order chi connectivity index (χ0) is 16.7. The summed E-state index contributed by atoms with van der Waals surface area (Å²) in [5, 5.41) is 0. The highest BCUT2D eigenvalue weighted by Crippen LogP contribution is 2.32. The molecule has 1 saturated carbocycles. The lowest BCUT2D eigenvalue weighted by Crippen LogP contribution is -3.12. The van der Waals surface area contributed by atoms with Crippen LogP contribution in [0.3, 0.4) is 0 Å². The molecule has 0 unspecified atom stereocenters. The zero-order valence-corrected chi connectivity index (χ0v) is 15.3. The van der Waals surface area contributed by atoms with Gasteiger partial charge >= 0.3 is 0 Å². The van der Waals surface area contributed by atoms with Crippen molar-refractivity contribution in [1.29, 1.82) is 0 Å². The van der Waals surface area contributed by atoms with E-state index < -0.39 is 10.0 Å². The molecule has 0 spiro atoms. The van der Waals surface area contributed by atoms with Crippen LogP contribution in [-0.4, -0.2) is 34.6 Å². The first kappa shape index (κ1) is 18.4. The molecule has 0 aliphatic heterocycles. The number of sulfonamides is 1. The number of hydrogen-bond acceptors (Lipinski definition) is 2. The molecule has 4 nitrogen and oxygen atoms in total. The van der Waals surface area contributed by atoms with Crippen molar-refractivity contribution >= 4 is 10.0 Å². The molecule has 0 heterocycles. The van der Waals surface area contributed by atoms with Crippen molar-refractivity contribution in [1.82, 2.24) is 4.72 Å². The SMILES string of the molecule is CC[NH+](CC)CCNS(=O)(=O)c1ccc(C2CCCCC2)cc1. The predicted molar refractivity (Wildman–Crippen MR) is 94.4 cm³/mol. The summed E-state index contributed by atoms with van der Waals surface area (Å²) in [7, 11) is -3.38. The van der Waals surface area contributed by atoms with E-state index in [4.69, 9.17) is 0 Å². The Morgan fingerprint density at radius 1 is 1.04 bits per heavy atom. The van der Waals surface area contributed by atoms with Crippen molar-refractivity contribution < 1.29 is 13.3 Å². The molecule has 2 N–H and O–H groups in total. The molecule has 5 heteroatoms. The smallest absolute Gasteiger partial charge is 0.240 e. The molecule has 0 radical (unpaired) electrons. The molecule has 1 fully saturated rings. The van der Waals surface area contributed by atoms with Crippen LogP contribution in [0.1, 0.15) is 57.4 Å². The maximum absolute atomic E-state index is 12.4. The van der Waals surface area contributed by atoms with Gasteiger partial charge in [0, 0.05) is 0 Å². The summed E-state index contributed by atoms with van der Waals surface area (Å²) in [6.07, 6.45) is 6.38. The Kier molecular flexibility index (Phi) is 7.06. The van der Waals surface area contributed by atoms with Crippen molar-refractivity contribution in [2.75, 3.05) is 26.2 Å². The Hall–Kier alpha value is -0.910. The molecule has 0 bridgehead atoms. The highest BCUT2D eigenvalue weighted by Gasteiger charge is 2.18. The average Bonchev–Trinajstić information content (AvgIpc) is 2.59. The lowest BCUT2D eigenvalue weighted by atomic mass is 9.84. The van der Waals surface area contributed by atoms with Crippen molar-refractivity contribution in [3.8, 4) is 0 Å². The second-order valence-corrected chi connectivity index (χ2v) is 8.28. The van der Waals surface area contributed by atoms with Gasteiger partial charge in [-0.15, -0.1) is 0 Å². The Labute approximate surface area is 141 Å². The lowest BCUT2D eigenvalue weighted by molar-refractivity contribution is -0.895. The standard InChI is InChI=1S/C18H30N2O2S/c1-3-20(4-2)15-14-19-23(21,22)18-12-10-17(11-13-18)16-8-6-5-7-9-16/h10-13,16,19H,3-9,14-15H2,1-2H3/p+1. The average molecular weight is 340 g/mol. The van der Waals surface area contributed by atoms with Crippen molar-refractivity contribution in [3.63, 3.8) is 0 Å². The maximum Gasteiger partial charge on any atom is 0.240 e. The van der Waals surface area contributed by atoms with E-state index in [1.54, 1.807) is 12.1 Å². The van der Waals surface area contributed by atoms with Crippen LogP contribution in [0.4, 0.5) is 0 Å². The minimum Gasteiger partial charge on any atom is -0.334 e. The molecule has 1 aliphatic rings. The summed E-state index contributed by atoms with van der Waals surface area (Å²) in [5.74, 6) is 0.611. The molecular weight excluding hydrogens is 308 g/mol. The van der Waals surface area contributed by atoms with Gasteiger partial charge in [0.2, 0.25) is 10.0 Å². The van der Waals surface area contributed by atoms with Gasteiger partial charge in [0.05, 0.1) is 31.1 Å². The van der Waals surface area contributed by atoms with E-state index in [-0.39, 0.29) is 0 Å². The van der Waals surface area contributed by atoms with E-state index >= 15 is 0 Å². The van der Waals surface area contributed by atoms with Crippen LogP contribution < -0.4 is 9.62 Å². The van der Waals surface area contributed by atoms with E-state index in [0.717, 1.165) is 19.6 Å². The summed E-state index contributed by atoms with van der Waals surface area (Å²) in [4.78, 5) is 1.78. The maximum atomic E-state index is 12.4. The number of quaternary nitrogens is 1. The van der Waals surface area contributed by atoms with Crippen LogP contribution in [0.5, 0.6) is 0 Å². The number of rotatable bonds is 8. The fourth-order valence-electron chi connectivity index (χ4n) is 3.40. The summed E-state index contributed by atoms with van der Waals surface area (Å²) in [5.41, 5.74) is 1.29. The second-order valence-electron chi connectivity index (χ2n) is 6.51. The molecule has 0 saturated heterocycles. The van der Waals surface area contributed by atoms with Crippen LogP contribution in [-0.2, 0) is 10.0 Å². The molecule has 0 aromatic heterocycles. The summed E-state index contributed by atoms with van der Waals surface area (Å²) >= 11 is 0. The Bertz CT molecular complexity index is 559. The summed E-state index contributed by atoms with van der Waals surface area (Å²) < 4.78 is 27.4. The third-order valence-electron chi connectivity index (χ3n) is 5.04. The van der Waals surface area contributed by atoms with Crippen molar-refractivity contribution in [2.24, 2.45) is 0 Å². The first-order chi connectivity index (χ1) is 11.1. The highest BCUT2D eigenvalue weighted by atomic mass is 32.2. The third-order valence-corrected chi connectivity index (χ3v) is 6.51. The van der Waals surface area contributed by atoms with Gasteiger partial charge in [-0.25, -0.2) is 13.1 Å². The van der Waals surface area contributed by atoms with Gasteiger partial charge in [0.15, 0.2) is 0 Å². The van der Waals surface area contributed by atoms with Gasteiger partial charge in [-0.05, 0) is 50.3 Å². The highest BCUT2D eigenvalue weighted by molar-refractivity contribution is 7.89. The van der Waals surface area contributed by atoms with Gasteiger partial charge in [-0.1, -0.05) is 31.4 Å². The first-order valence-electron chi connectivity index (χ1n) is 9.00. The van der Waals surface area contributed by atoms with Crippen LogP contribution in [0.25, 0.3) is 0 Å². The van der Waals surface area contributed by atoms with Crippen LogP contribution >= 0.6 is 0 Å². The second kappa shape index (κ2) is 8.81. The number of benzene rings is 1. The molecule has 0 atom stereocenters. The number of likely N-dealkylation sites (N-methyl/N-ethyl adjacent to an activating group) is 1. The number of nitrogens with one attached hydrogen (secondary N) is 2. The lowest BCUT2D eigenvalue weighted by Gasteiger charge is -2.22. The van der Waals surface area contributed by atoms with Crippen LogP contribution in [0.2, 0.25) is 0 Å². The van der Waals surface area contributed by atoms with Gasteiger partial charge in [-0.2, -0.15) is 0 Å². The number of hydrogen-bond donors (Lipinski definition) is 2. The molecule has 1 aliphatic carbocycles. The normalized spacial score (nSPS) is 16.8. The molecule has 23 heavy (non-hydrogen) atoms. The van der Waals surface area contributed by atoms with Crippen molar-refractivity contribution in [2.45, 2.75) is 56.8 Å². The van der Waals surface area contributed by atoms with Crippen LogP contribution in [0.15, 0.2) is 29.2 Å². The Morgan fingerprint density at radius 3 is 2.22 bits per heavy atom. The fraction of sp³-hybridized carbons (Fsp3) is 0.667. The largest absolute Gasteiger partial charge is 0.334 e. The van der Waals surface area contributed by atoms with Crippen LogP contribution in [0, 0.1) is 0 Å². The fourth-order valence-corrected chi connectivity index (χ4v) is 4.44. The predicted octanol–water partition coefficient (Wildman–Crippen LogP) is 1.94. The molecule has 0 amide bonds. The van der Waals surface area contributed by atoms with Gasteiger partial charge < -0.3 is 4.90 Å². The van der Waals surface area contributed by atoms with E-state index in [0.29, 0.717) is 17.4 Å². The molecule has 1 aromatic carbocycles. The summed E-state index contributed by atoms with van der Waals surface area (Å²) in [6, 6.07) is 7.52. The molecular formula is C18H31N2O2S+.